The summed E-state index contributed by atoms with van der Waals surface area (Å²) in [5.74, 6) is -0.279. The van der Waals surface area contributed by atoms with E-state index >= 15 is 0 Å². The maximum atomic E-state index is 11.9. The minimum Gasteiger partial charge on any atom is -0.477 e. The number of hydrogen-bond donors (Lipinski definition) is 2. The average molecular weight is 349 g/mol. The number of carbonyl (C=O) groups is 2. The molecule has 0 bridgehead atoms. The summed E-state index contributed by atoms with van der Waals surface area (Å²) in [4.78, 5) is 34.1. The van der Waals surface area contributed by atoms with Gasteiger partial charge in [-0.1, -0.05) is 25.8 Å². The second-order valence-electron chi connectivity index (χ2n) is 6.41. The van der Waals surface area contributed by atoms with Crippen molar-refractivity contribution in [2.75, 3.05) is 6.61 Å². The summed E-state index contributed by atoms with van der Waals surface area (Å²) in [7, 11) is 0. The molecule has 2 N–H and O–H groups in total. The molecule has 3 amide bonds. The number of aryl methyl sites for hydroxylation is 1. The number of ether oxygens (including phenoxy) is 1. The molecule has 8 heteroatoms. The molecule has 2 rings (SSSR count). The van der Waals surface area contributed by atoms with Gasteiger partial charge < -0.3 is 10.1 Å². The quantitative estimate of drug-likeness (QED) is 0.627. The molecule has 0 spiro atoms. The van der Waals surface area contributed by atoms with Crippen LogP contribution in [0.15, 0.2) is 18.2 Å². The molecular weight excluding hydrogens is 326 g/mol. The van der Waals surface area contributed by atoms with Gasteiger partial charge in [-0.05, 0) is 37.3 Å². The van der Waals surface area contributed by atoms with E-state index in [4.69, 9.17) is 4.74 Å². The lowest BCUT2D eigenvalue weighted by Crippen LogP contribution is -2.48. The van der Waals surface area contributed by atoms with Gasteiger partial charge in [0.05, 0.1) is 4.92 Å². The lowest BCUT2D eigenvalue weighted by atomic mass is 9.86. The zero-order valence-electron chi connectivity index (χ0n) is 14.4. The molecule has 1 aromatic rings. The molecule has 0 saturated heterocycles. The van der Waals surface area contributed by atoms with Gasteiger partial charge in [0, 0.05) is 12.1 Å². The Morgan fingerprint density at radius 2 is 2.04 bits per heavy atom. The number of imide groups is 1. The Balaban J connectivity index is 1.85. The van der Waals surface area contributed by atoms with Crippen molar-refractivity contribution in [2.24, 2.45) is 5.92 Å². The summed E-state index contributed by atoms with van der Waals surface area (Å²) < 4.78 is 5.22. The van der Waals surface area contributed by atoms with Crippen molar-refractivity contribution in [3.05, 3.63) is 33.9 Å². The molecule has 1 saturated carbocycles. The monoisotopic (exact) mass is 349 g/mol. The molecule has 0 heterocycles. The van der Waals surface area contributed by atoms with Crippen molar-refractivity contribution in [2.45, 2.75) is 45.6 Å². The SMILES string of the molecule is Cc1ccc([N+](=O)[O-])c(OCC(=O)NC(=O)NC2CCCCC2C)c1. The highest BCUT2D eigenvalue weighted by Crippen LogP contribution is 2.27. The Kier molecular flexibility index (Phi) is 6.32. The van der Waals surface area contributed by atoms with Crippen LogP contribution in [0.3, 0.4) is 0 Å². The van der Waals surface area contributed by atoms with Crippen molar-refractivity contribution in [3.63, 3.8) is 0 Å². The Hall–Kier alpha value is -2.64. The van der Waals surface area contributed by atoms with E-state index in [1.807, 2.05) is 0 Å². The summed E-state index contributed by atoms with van der Waals surface area (Å²) >= 11 is 0. The van der Waals surface area contributed by atoms with E-state index in [1.54, 1.807) is 13.0 Å². The van der Waals surface area contributed by atoms with Crippen molar-refractivity contribution >= 4 is 17.6 Å². The van der Waals surface area contributed by atoms with E-state index in [2.05, 4.69) is 17.6 Å². The smallest absolute Gasteiger partial charge is 0.321 e. The van der Waals surface area contributed by atoms with Gasteiger partial charge >= 0.3 is 11.7 Å². The van der Waals surface area contributed by atoms with Crippen molar-refractivity contribution in [3.8, 4) is 5.75 Å². The maximum absolute atomic E-state index is 11.9. The zero-order valence-corrected chi connectivity index (χ0v) is 14.4. The van der Waals surface area contributed by atoms with Gasteiger partial charge in [-0.15, -0.1) is 0 Å². The van der Waals surface area contributed by atoms with Crippen LogP contribution in [0.25, 0.3) is 0 Å². The molecule has 0 radical (unpaired) electrons. The van der Waals surface area contributed by atoms with Crippen LogP contribution in [0.5, 0.6) is 5.75 Å². The van der Waals surface area contributed by atoms with E-state index in [-0.39, 0.29) is 17.5 Å². The minimum atomic E-state index is -0.656. The number of nitrogens with one attached hydrogen (secondary N) is 2. The van der Waals surface area contributed by atoms with Crippen LogP contribution in [0, 0.1) is 23.0 Å². The van der Waals surface area contributed by atoms with Gasteiger partial charge in [0.1, 0.15) is 0 Å². The number of nitro benzene ring substituents is 1. The molecule has 1 aromatic carbocycles. The first kappa shape index (κ1) is 18.7. The molecule has 8 nitrogen and oxygen atoms in total. The number of hydrogen-bond acceptors (Lipinski definition) is 5. The number of amides is 3. The number of nitrogens with zero attached hydrogens (tertiary/aromatic N) is 1. The standard InChI is InChI=1S/C17H23N3O5/c1-11-7-8-14(20(23)24)15(9-11)25-10-16(21)19-17(22)18-13-6-4-3-5-12(13)2/h7-9,12-13H,3-6,10H2,1-2H3,(H2,18,19,21,22). The predicted molar refractivity (Wildman–Crippen MR) is 91.4 cm³/mol. The summed E-state index contributed by atoms with van der Waals surface area (Å²) in [6, 6.07) is 3.88. The average Bonchev–Trinajstić information content (AvgIpc) is 2.55. The second kappa shape index (κ2) is 8.46. The van der Waals surface area contributed by atoms with Crippen LogP contribution in [-0.2, 0) is 4.79 Å². The van der Waals surface area contributed by atoms with Crippen LogP contribution < -0.4 is 15.4 Å². The van der Waals surface area contributed by atoms with E-state index in [9.17, 15) is 19.7 Å². The summed E-state index contributed by atoms with van der Waals surface area (Å²) in [6.45, 7) is 3.36. The van der Waals surface area contributed by atoms with E-state index < -0.39 is 23.5 Å². The molecule has 1 aliphatic carbocycles. The third-order valence-electron chi connectivity index (χ3n) is 4.35. The van der Waals surface area contributed by atoms with E-state index in [0.717, 1.165) is 31.2 Å². The normalized spacial score (nSPS) is 19.8. The molecule has 0 aliphatic heterocycles. The zero-order chi connectivity index (χ0) is 18.4. The van der Waals surface area contributed by atoms with Crippen LogP contribution in [0.4, 0.5) is 10.5 Å². The first-order valence-electron chi connectivity index (χ1n) is 8.35. The number of rotatable bonds is 5. The highest BCUT2D eigenvalue weighted by molar-refractivity contribution is 5.95. The van der Waals surface area contributed by atoms with Crippen LogP contribution in [-0.4, -0.2) is 29.5 Å². The Morgan fingerprint density at radius 3 is 2.72 bits per heavy atom. The summed E-state index contributed by atoms with van der Waals surface area (Å²) in [6.07, 6.45) is 4.17. The van der Waals surface area contributed by atoms with Gasteiger partial charge in [0.2, 0.25) is 0 Å². The number of nitro groups is 1. The maximum Gasteiger partial charge on any atom is 0.321 e. The molecule has 2 unspecified atom stereocenters. The van der Waals surface area contributed by atoms with Crippen LogP contribution in [0.2, 0.25) is 0 Å². The van der Waals surface area contributed by atoms with E-state index in [1.165, 1.54) is 12.1 Å². The molecule has 25 heavy (non-hydrogen) atoms. The topological polar surface area (TPSA) is 111 Å². The molecule has 136 valence electrons. The largest absolute Gasteiger partial charge is 0.477 e. The number of urea groups is 1. The molecular formula is C17H23N3O5. The Labute approximate surface area is 146 Å². The predicted octanol–water partition coefficient (Wildman–Crippen LogP) is 2.69. The van der Waals surface area contributed by atoms with Gasteiger partial charge in [-0.2, -0.15) is 0 Å². The van der Waals surface area contributed by atoms with E-state index in [0.29, 0.717) is 5.92 Å². The molecule has 1 aliphatic rings. The second-order valence-corrected chi connectivity index (χ2v) is 6.41. The highest BCUT2D eigenvalue weighted by atomic mass is 16.6. The van der Waals surface area contributed by atoms with Crippen molar-refractivity contribution < 1.29 is 19.2 Å². The molecule has 1 fully saturated rings. The summed E-state index contributed by atoms with van der Waals surface area (Å²) in [5.41, 5.74) is 0.545. The van der Waals surface area contributed by atoms with Crippen molar-refractivity contribution in [1.82, 2.24) is 10.6 Å². The highest BCUT2D eigenvalue weighted by Gasteiger charge is 2.23. The first-order chi connectivity index (χ1) is 11.9. The fraction of sp³-hybridized carbons (Fsp3) is 0.529. The molecule has 0 aromatic heterocycles. The van der Waals surface area contributed by atoms with Gasteiger partial charge in [0.15, 0.2) is 12.4 Å². The van der Waals surface area contributed by atoms with Gasteiger partial charge in [-0.3, -0.25) is 20.2 Å². The Morgan fingerprint density at radius 1 is 1.32 bits per heavy atom. The minimum absolute atomic E-state index is 0.00135. The fourth-order valence-corrected chi connectivity index (χ4v) is 2.93. The lowest BCUT2D eigenvalue weighted by Gasteiger charge is -2.29. The molecule has 2 atom stereocenters. The number of benzene rings is 1. The first-order valence-corrected chi connectivity index (χ1v) is 8.35. The van der Waals surface area contributed by atoms with Crippen LogP contribution in [0.1, 0.15) is 38.2 Å². The van der Waals surface area contributed by atoms with Crippen LogP contribution >= 0.6 is 0 Å². The Bertz CT molecular complexity index is 662. The number of carbonyl (C=O) groups excluding carboxylic acids is 2. The third-order valence-corrected chi connectivity index (χ3v) is 4.35. The van der Waals surface area contributed by atoms with Crippen molar-refractivity contribution in [1.29, 1.82) is 0 Å². The fourth-order valence-electron chi connectivity index (χ4n) is 2.93. The third kappa shape index (κ3) is 5.44. The van der Waals surface area contributed by atoms with Gasteiger partial charge in [0.25, 0.3) is 5.91 Å². The van der Waals surface area contributed by atoms with Gasteiger partial charge in [-0.25, -0.2) is 4.79 Å². The summed E-state index contributed by atoms with van der Waals surface area (Å²) in [5, 5.41) is 16.0. The lowest BCUT2D eigenvalue weighted by molar-refractivity contribution is -0.385.